The van der Waals surface area contributed by atoms with E-state index in [4.69, 9.17) is 4.52 Å². The number of rotatable bonds is 5. The van der Waals surface area contributed by atoms with Crippen molar-refractivity contribution in [2.75, 3.05) is 0 Å². The van der Waals surface area contributed by atoms with E-state index in [1.165, 1.54) is 11.1 Å². The summed E-state index contributed by atoms with van der Waals surface area (Å²) in [6, 6.07) is 16.5. The molecule has 2 aromatic carbocycles. The van der Waals surface area contributed by atoms with Gasteiger partial charge in [-0.25, -0.2) is 0 Å². The predicted octanol–water partition coefficient (Wildman–Crippen LogP) is 5.46. The fourth-order valence-corrected chi connectivity index (χ4v) is 3.87. The molecular weight excluding hydrogens is 374 g/mol. The summed E-state index contributed by atoms with van der Waals surface area (Å²) < 4.78 is 5.58. The lowest BCUT2D eigenvalue weighted by Gasteiger charge is -2.23. The number of amides is 1. The van der Waals surface area contributed by atoms with Gasteiger partial charge in [-0.1, -0.05) is 81.4 Å². The van der Waals surface area contributed by atoms with Crippen LogP contribution in [0.4, 0.5) is 0 Å². The molecule has 1 atom stereocenters. The van der Waals surface area contributed by atoms with Gasteiger partial charge >= 0.3 is 0 Å². The Morgan fingerprint density at radius 1 is 1.03 bits per heavy atom. The zero-order valence-electron chi connectivity index (χ0n) is 18.2. The Morgan fingerprint density at radius 2 is 1.70 bits per heavy atom. The normalized spacial score (nSPS) is 17.0. The van der Waals surface area contributed by atoms with Crippen molar-refractivity contribution in [3.05, 3.63) is 71.1 Å². The molecule has 0 bridgehead atoms. The first kappa shape index (κ1) is 20.3. The number of carbonyl (C=O) groups excluding carboxylic acids is 1. The van der Waals surface area contributed by atoms with E-state index >= 15 is 0 Å². The maximum atomic E-state index is 12.6. The minimum Gasteiger partial charge on any atom is -0.337 e. The Hall–Kier alpha value is -2.95. The Morgan fingerprint density at radius 3 is 2.33 bits per heavy atom. The first-order chi connectivity index (χ1) is 14.3. The molecular formula is C25H29N3O2. The van der Waals surface area contributed by atoms with E-state index in [0.717, 1.165) is 17.5 Å². The quantitative estimate of drug-likeness (QED) is 0.567. The van der Waals surface area contributed by atoms with Gasteiger partial charge in [0.15, 0.2) is 0 Å². The van der Waals surface area contributed by atoms with Gasteiger partial charge in [0.05, 0.1) is 0 Å². The van der Waals surface area contributed by atoms with Crippen LogP contribution >= 0.6 is 0 Å². The van der Waals surface area contributed by atoms with E-state index in [1.54, 1.807) is 0 Å². The van der Waals surface area contributed by atoms with E-state index in [-0.39, 0.29) is 17.4 Å². The van der Waals surface area contributed by atoms with Crippen LogP contribution in [-0.2, 0) is 23.2 Å². The lowest BCUT2D eigenvalue weighted by atomic mass is 9.87. The lowest BCUT2D eigenvalue weighted by molar-refractivity contribution is -0.129. The van der Waals surface area contributed by atoms with Crippen LogP contribution in [0.25, 0.3) is 11.4 Å². The van der Waals surface area contributed by atoms with Crippen molar-refractivity contribution in [1.82, 2.24) is 15.0 Å². The predicted molar refractivity (Wildman–Crippen MR) is 117 cm³/mol. The monoisotopic (exact) mass is 403 g/mol. The second kappa shape index (κ2) is 8.05. The maximum absolute atomic E-state index is 12.6. The summed E-state index contributed by atoms with van der Waals surface area (Å²) in [4.78, 5) is 19.1. The van der Waals surface area contributed by atoms with E-state index in [1.807, 2.05) is 17.0 Å². The first-order valence-electron chi connectivity index (χ1n) is 10.7. The summed E-state index contributed by atoms with van der Waals surface area (Å²) >= 11 is 0. The van der Waals surface area contributed by atoms with E-state index in [0.29, 0.717) is 31.1 Å². The van der Waals surface area contributed by atoms with Crippen molar-refractivity contribution < 1.29 is 9.32 Å². The Balaban J connectivity index is 1.52. The Bertz CT molecular complexity index is 1010. The molecule has 0 N–H and O–H groups in total. The van der Waals surface area contributed by atoms with Gasteiger partial charge in [-0.2, -0.15) is 4.98 Å². The molecule has 3 aromatic rings. The molecule has 1 aromatic heterocycles. The van der Waals surface area contributed by atoms with Crippen LogP contribution in [0.15, 0.2) is 53.1 Å². The van der Waals surface area contributed by atoms with Crippen LogP contribution in [0.2, 0.25) is 0 Å². The van der Waals surface area contributed by atoms with Crippen molar-refractivity contribution in [1.29, 1.82) is 0 Å². The van der Waals surface area contributed by atoms with Gasteiger partial charge in [0.1, 0.15) is 6.04 Å². The molecule has 4 rings (SSSR count). The van der Waals surface area contributed by atoms with E-state index in [9.17, 15) is 4.79 Å². The summed E-state index contributed by atoms with van der Waals surface area (Å²) in [7, 11) is 0. The highest BCUT2D eigenvalue weighted by molar-refractivity contribution is 5.78. The van der Waals surface area contributed by atoms with Crippen molar-refractivity contribution >= 4 is 5.91 Å². The molecule has 1 aliphatic rings. The first-order valence-corrected chi connectivity index (χ1v) is 10.7. The summed E-state index contributed by atoms with van der Waals surface area (Å²) in [5.41, 5.74) is 4.70. The number of likely N-dealkylation sites (tertiary alicyclic amines) is 1. The standard InChI is InChI=1S/C25H29N3O2/c1-5-17-6-10-19(11-7-17)23-26-24(30-27-23)21-14-15-22(29)28(21)16-18-8-12-20(13-9-18)25(2,3)4/h6-13,21H,5,14-16H2,1-4H3. The minimum absolute atomic E-state index is 0.111. The van der Waals surface area contributed by atoms with Gasteiger partial charge in [-0.15, -0.1) is 0 Å². The molecule has 1 saturated heterocycles. The fraction of sp³-hybridized carbons (Fsp3) is 0.400. The Kier molecular flexibility index (Phi) is 5.46. The molecule has 0 aliphatic carbocycles. The lowest BCUT2D eigenvalue weighted by Crippen LogP contribution is -2.27. The van der Waals surface area contributed by atoms with Crippen LogP contribution < -0.4 is 0 Å². The molecule has 156 valence electrons. The van der Waals surface area contributed by atoms with Crippen LogP contribution in [0.1, 0.15) is 69.2 Å². The molecule has 1 aliphatic heterocycles. The summed E-state index contributed by atoms with van der Waals surface area (Å²) in [6.07, 6.45) is 2.20. The van der Waals surface area contributed by atoms with Crippen molar-refractivity contribution in [2.45, 2.75) is 65.0 Å². The molecule has 1 unspecified atom stereocenters. The zero-order valence-corrected chi connectivity index (χ0v) is 18.2. The molecule has 5 heteroatoms. The third-order valence-electron chi connectivity index (χ3n) is 5.85. The smallest absolute Gasteiger partial charge is 0.249 e. The van der Waals surface area contributed by atoms with Crippen molar-refractivity contribution in [3.63, 3.8) is 0 Å². The topological polar surface area (TPSA) is 59.2 Å². The third kappa shape index (κ3) is 4.16. The van der Waals surface area contributed by atoms with E-state index in [2.05, 4.69) is 74.2 Å². The summed E-state index contributed by atoms with van der Waals surface area (Å²) in [6.45, 7) is 9.28. The maximum Gasteiger partial charge on any atom is 0.249 e. The number of carbonyl (C=O) groups is 1. The highest BCUT2D eigenvalue weighted by Gasteiger charge is 2.36. The van der Waals surface area contributed by atoms with Gasteiger partial charge in [0, 0.05) is 18.5 Å². The molecule has 0 spiro atoms. The third-order valence-corrected chi connectivity index (χ3v) is 5.85. The van der Waals surface area contributed by atoms with Gasteiger partial charge < -0.3 is 9.42 Å². The molecule has 2 heterocycles. The number of nitrogens with zero attached hydrogens (tertiary/aromatic N) is 3. The SMILES string of the molecule is CCc1ccc(-c2noc(C3CCC(=O)N3Cc3ccc(C(C)(C)C)cc3)n2)cc1. The van der Waals surface area contributed by atoms with E-state index < -0.39 is 0 Å². The highest BCUT2D eigenvalue weighted by Crippen LogP contribution is 2.34. The average Bonchev–Trinajstić information content (AvgIpc) is 3.35. The number of aromatic nitrogens is 2. The number of hydrogen-bond donors (Lipinski definition) is 0. The largest absolute Gasteiger partial charge is 0.337 e. The average molecular weight is 404 g/mol. The molecule has 5 nitrogen and oxygen atoms in total. The van der Waals surface area contributed by atoms with Gasteiger partial charge in [0.25, 0.3) is 0 Å². The second-order valence-corrected chi connectivity index (χ2v) is 9.03. The zero-order chi connectivity index (χ0) is 21.3. The molecule has 30 heavy (non-hydrogen) atoms. The summed E-state index contributed by atoms with van der Waals surface area (Å²) in [5.74, 6) is 1.22. The molecule has 0 saturated carbocycles. The van der Waals surface area contributed by atoms with Crippen LogP contribution in [0.5, 0.6) is 0 Å². The molecule has 1 fully saturated rings. The molecule has 0 radical (unpaired) electrons. The van der Waals surface area contributed by atoms with Gasteiger partial charge in [-0.3, -0.25) is 4.79 Å². The minimum atomic E-state index is -0.170. The van der Waals surface area contributed by atoms with Gasteiger partial charge in [0.2, 0.25) is 17.6 Å². The fourth-order valence-electron chi connectivity index (χ4n) is 3.87. The number of hydrogen-bond acceptors (Lipinski definition) is 4. The van der Waals surface area contributed by atoms with Gasteiger partial charge in [-0.05, 0) is 34.9 Å². The Labute approximate surface area is 178 Å². The summed E-state index contributed by atoms with van der Waals surface area (Å²) in [5, 5.41) is 4.17. The second-order valence-electron chi connectivity index (χ2n) is 9.03. The van der Waals surface area contributed by atoms with Crippen molar-refractivity contribution in [3.8, 4) is 11.4 Å². The van der Waals surface area contributed by atoms with Crippen LogP contribution in [0.3, 0.4) is 0 Å². The number of benzene rings is 2. The van der Waals surface area contributed by atoms with Crippen LogP contribution in [-0.4, -0.2) is 20.9 Å². The van der Waals surface area contributed by atoms with Crippen LogP contribution in [0, 0.1) is 0 Å². The molecule has 1 amide bonds. The van der Waals surface area contributed by atoms with Crippen molar-refractivity contribution in [2.24, 2.45) is 0 Å². The number of aryl methyl sites for hydroxylation is 1. The highest BCUT2D eigenvalue weighted by atomic mass is 16.5.